The van der Waals surface area contributed by atoms with Crippen LogP contribution in [0.25, 0.3) is 0 Å². The lowest BCUT2D eigenvalue weighted by atomic mass is 10.1. The van der Waals surface area contributed by atoms with Crippen molar-refractivity contribution in [3.63, 3.8) is 0 Å². The third-order valence-corrected chi connectivity index (χ3v) is 4.74. The molecule has 2 amide bonds. The van der Waals surface area contributed by atoms with Crippen LogP contribution in [0.1, 0.15) is 27.4 Å². The summed E-state index contributed by atoms with van der Waals surface area (Å²) in [6.07, 6.45) is 1.56. The number of amides is 2. The summed E-state index contributed by atoms with van der Waals surface area (Å²) in [5, 5.41) is 7.61. The van der Waals surface area contributed by atoms with Crippen molar-refractivity contribution in [1.29, 1.82) is 0 Å². The molecule has 2 aromatic heterocycles. The molecule has 0 atom stereocenters. The smallest absolute Gasteiger partial charge is 0.293 e. The van der Waals surface area contributed by atoms with Gasteiger partial charge in [0.2, 0.25) is 5.91 Å². The minimum absolute atomic E-state index is 0.135. The van der Waals surface area contributed by atoms with Crippen molar-refractivity contribution >= 4 is 28.3 Å². The topological polar surface area (TPSA) is 93.5 Å². The van der Waals surface area contributed by atoms with Crippen LogP contribution in [0.2, 0.25) is 0 Å². The molecule has 2 heterocycles. The van der Waals surface area contributed by atoms with Gasteiger partial charge in [0, 0.05) is 5.38 Å². The number of anilines is 1. The molecule has 146 valence electrons. The number of nitrogens with one attached hydrogen (secondary N) is 2. The highest BCUT2D eigenvalue weighted by molar-refractivity contribution is 7.14. The van der Waals surface area contributed by atoms with Gasteiger partial charge in [-0.05, 0) is 37.1 Å². The van der Waals surface area contributed by atoms with Crippen LogP contribution >= 0.6 is 11.3 Å². The maximum atomic E-state index is 12.1. The summed E-state index contributed by atoms with van der Waals surface area (Å²) < 4.78 is 10.8. The number of hydrogen-bond acceptors (Lipinski definition) is 6. The van der Waals surface area contributed by atoms with Crippen LogP contribution in [0.3, 0.4) is 0 Å². The molecule has 0 saturated heterocycles. The van der Waals surface area contributed by atoms with Crippen molar-refractivity contribution in [2.45, 2.75) is 20.3 Å². The average molecular weight is 399 g/mol. The van der Waals surface area contributed by atoms with E-state index in [1.54, 1.807) is 17.5 Å². The molecular formula is C20H21N3O4S. The second-order valence-corrected chi connectivity index (χ2v) is 7.03. The molecule has 0 saturated carbocycles. The predicted molar refractivity (Wildman–Crippen MR) is 107 cm³/mol. The number of para-hydroxylation sites is 1. The van der Waals surface area contributed by atoms with Crippen molar-refractivity contribution in [3.05, 3.63) is 64.6 Å². The van der Waals surface area contributed by atoms with Gasteiger partial charge in [0.25, 0.3) is 5.91 Å². The number of benzene rings is 1. The van der Waals surface area contributed by atoms with E-state index in [9.17, 15) is 9.59 Å². The second kappa shape index (κ2) is 9.18. The standard InChI is InChI=1S/C20H21N3O4S/c1-13-5-3-6-14(2)18(13)27-10-8-21-17(24)11-15-12-28-20(22-15)23-19(25)16-7-4-9-26-16/h3-7,9,12H,8,10-11H2,1-2H3,(H,21,24)(H,22,23,25). The molecule has 28 heavy (non-hydrogen) atoms. The quantitative estimate of drug-likeness (QED) is 0.567. The summed E-state index contributed by atoms with van der Waals surface area (Å²) in [5.74, 6) is 0.532. The highest BCUT2D eigenvalue weighted by Gasteiger charge is 2.13. The lowest BCUT2D eigenvalue weighted by Gasteiger charge is -2.12. The SMILES string of the molecule is Cc1cccc(C)c1OCCNC(=O)Cc1csc(NC(=O)c2ccco2)n1. The molecule has 0 spiro atoms. The fourth-order valence-electron chi connectivity index (χ4n) is 2.61. The Labute approximate surface area is 166 Å². The minimum atomic E-state index is -0.376. The number of aryl methyl sites for hydroxylation is 2. The zero-order valence-electron chi connectivity index (χ0n) is 15.7. The Kier molecular flexibility index (Phi) is 6.44. The molecule has 0 fully saturated rings. The molecular weight excluding hydrogens is 378 g/mol. The Bertz CT molecular complexity index is 930. The van der Waals surface area contributed by atoms with Crippen LogP contribution in [-0.4, -0.2) is 29.9 Å². The first-order valence-electron chi connectivity index (χ1n) is 8.78. The van der Waals surface area contributed by atoms with Gasteiger partial charge in [-0.1, -0.05) is 18.2 Å². The van der Waals surface area contributed by atoms with Gasteiger partial charge in [-0.3, -0.25) is 14.9 Å². The number of hydrogen-bond donors (Lipinski definition) is 2. The number of rotatable bonds is 8. The zero-order chi connectivity index (χ0) is 19.9. The van der Waals surface area contributed by atoms with Crippen molar-refractivity contribution in [1.82, 2.24) is 10.3 Å². The molecule has 0 aliphatic carbocycles. The Morgan fingerprint density at radius 1 is 1.18 bits per heavy atom. The number of furan rings is 1. The Balaban J connectivity index is 1.41. The van der Waals surface area contributed by atoms with Crippen LogP contribution in [0.4, 0.5) is 5.13 Å². The maximum absolute atomic E-state index is 12.1. The van der Waals surface area contributed by atoms with Gasteiger partial charge in [-0.15, -0.1) is 11.3 Å². The van der Waals surface area contributed by atoms with E-state index in [-0.39, 0.29) is 24.0 Å². The first-order valence-corrected chi connectivity index (χ1v) is 9.66. The molecule has 1 aromatic carbocycles. The first kappa shape index (κ1) is 19.6. The molecule has 0 bridgehead atoms. The van der Waals surface area contributed by atoms with Crippen LogP contribution < -0.4 is 15.4 Å². The van der Waals surface area contributed by atoms with Gasteiger partial charge in [0.05, 0.1) is 24.9 Å². The van der Waals surface area contributed by atoms with Gasteiger partial charge in [0.15, 0.2) is 10.9 Å². The Morgan fingerprint density at radius 3 is 2.68 bits per heavy atom. The summed E-state index contributed by atoms with van der Waals surface area (Å²) in [4.78, 5) is 28.2. The number of nitrogens with zero attached hydrogens (tertiary/aromatic N) is 1. The second-order valence-electron chi connectivity index (χ2n) is 6.17. The number of ether oxygens (including phenoxy) is 1. The van der Waals surface area contributed by atoms with Crippen molar-refractivity contribution in [2.24, 2.45) is 0 Å². The maximum Gasteiger partial charge on any atom is 0.293 e. The first-order chi connectivity index (χ1) is 13.5. The summed E-state index contributed by atoms with van der Waals surface area (Å²) in [5.41, 5.74) is 2.73. The molecule has 0 aliphatic rings. The van der Waals surface area contributed by atoms with Crippen LogP contribution in [0.15, 0.2) is 46.4 Å². The summed E-state index contributed by atoms with van der Waals surface area (Å²) in [6.45, 7) is 4.77. The van der Waals surface area contributed by atoms with Gasteiger partial charge in [-0.25, -0.2) is 4.98 Å². The highest BCUT2D eigenvalue weighted by Crippen LogP contribution is 2.22. The van der Waals surface area contributed by atoms with E-state index in [1.807, 2.05) is 32.0 Å². The van der Waals surface area contributed by atoms with E-state index in [0.29, 0.717) is 24.0 Å². The number of aromatic nitrogens is 1. The van der Waals surface area contributed by atoms with Crippen LogP contribution in [-0.2, 0) is 11.2 Å². The monoisotopic (exact) mass is 399 g/mol. The van der Waals surface area contributed by atoms with Crippen LogP contribution in [0.5, 0.6) is 5.75 Å². The van der Waals surface area contributed by atoms with E-state index < -0.39 is 0 Å². The van der Waals surface area contributed by atoms with Crippen molar-refractivity contribution in [2.75, 3.05) is 18.5 Å². The van der Waals surface area contributed by atoms with E-state index in [0.717, 1.165) is 16.9 Å². The number of carbonyl (C=O) groups is 2. The Hall–Kier alpha value is -3.13. The van der Waals surface area contributed by atoms with Crippen molar-refractivity contribution in [3.8, 4) is 5.75 Å². The van der Waals surface area contributed by atoms with E-state index in [2.05, 4.69) is 15.6 Å². The highest BCUT2D eigenvalue weighted by atomic mass is 32.1. The van der Waals surface area contributed by atoms with Gasteiger partial charge >= 0.3 is 0 Å². The third-order valence-electron chi connectivity index (χ3n) is 3.94. The van der Waals surface area contributed by atoms with Crippen LogP contribution in [0, 0.1) is 13.8 Å². The fraction of sp³-hybridized carbons (Fsp3) is 0.250. The third kappa shape index (κ3) is 5.20. The van der Waals surface area contributed by atoms with E-state index in [4.69, 9.17) is 9.15 Å². The number of carbonyl (C=O) groups excluding carboxylic acids is 2. The van der Waals surface area contributed by atoms with E-state index in [1.165, 1.54) is 17.6 Å². The lowest BCUT2D eigenvalue weighted by Crippen LogP contribution is -2.29. The number of thiazole rings is 1. The molecule has 8 heteroatoms. The minimum Gasteiger partial charge on any atom is -0.491 e. The van der Waals surface area contributed by atoms with Crippen molar-refractivity contribution < 1.29 is 18.7 Å². The average Bonchev–Trinajstić information content (AvgIpc) is 3.33. The Morgan fingerprint density at radius 2 is 1.96 bits per heavy atom. The molecule has 7 nitrogen and oxygen atoms in total. The molecule has 0 radical (unpaired) electrons. The van der Waals surface area contributed by atoms with Gasteiger partial charge < -0.3 is 14.5 Å². The molecule has 0 aliphatic heterocycles. The summed E-state index contributed by atoms with van der Waals surface area (Å²) >= 11 is 1.26. The summed E-state index contributed by atoms with van der Waals surface area (Å²) in [6, 6.07) is 9.17. The molecule has 2 N–H and O–H groups in total. The fourth-order valence-corrected chi connectivity index (χ4v) is 3.31. The molecule has 0 unspecified atom stereocenters. The zero-order valence-corrected chi connectivity index (χ0v) is 16.5. The van der Waals surface area contributed by atoms with E-state index >= 15 is 0 Å². The molecule has 3 rings (SSSR count). The predicted octanol–water partition coefficient (Wildman–Crippen LogP) is 3.34. The lowest BCUT2D eigenvalue weighted by molar-refractivity contribution is -0.120. The summed E-state index contributed by atoms with van der Waals surface area (Å²) in [7, 11) is 0. The van der Waals surface area contributed by atoms with Gasteiger partial charge in [-0.2, -0.15) is 0 Å². The van der Waals surface area contributed by atoms with Gasteiger partial charge in [0.1, 0.15) is 12.4 Å². The molecule has 3 aromatic rings. The largest absolute Gasteiger partial charge is 0.491 e. The normalized spacial score (nSPS) is 10.5.